The number of pyridine rings is 1. The summed E-state index contributed by atoms with van der Waals surface area (Å²) in [5.41, 5.74) is 4.41. The molecule has 1 amide bonds. The van der Waals surface area contributed by atoms with Crippen LogP contribution in [0, 0.1) is 13.8 Å². The van der Waals surface area contributed by atoms with Crippen LogP contribution in [-0.4, -0.2) is 15.9 Å². The number of hydrogen-bond acceptors (Lipinski definition) is 6. The highest BCUT2D eigenvalue weighted by Gasteiger charge is 2.17. The number of thiazole rings is 1. The van der Waals surface area contributed by atoms with Gasteiger partial charge in [0.1, 0.15) is 5.69 Å². The molecule has 0 radical (unpaired) electrons. The smallest absolute Gasteiger partial charge is 0.270 e. The predicted octanol–water partition coefficient (Wildman–Crippen LogP) is 1.93. The van der Waals surface area contributed by atoms with Crippen LogP contribution in [0.2, 0.25) is 0 Å². The third-order valence-electron chi connectivity index (χ3n) is 2.84. The molecule has 2 heterocycles. The van der Waals surface area contributed by atoms with E-state index in [0.29, 0.717) is 11.4 Å². The van der Waals surface area contributed by atoms with Crippen LogP contribution in [0.4, 0.5) is 5.69 Å². The Balaban J connectivity index is 2.12. The first-order chi connectivity index (χ1) is 9.51. The van der Waals surface area contributed by atoms with E-state index >= 15 is 0 Å². The molecule has 7 heteroatoms. The van der Waals surface area contributed by atoms with Crippen LogP contribution in [0.3, 0.4) is 0 Å². The van der Waals surface area contributed by atoms with E-state index in [9.17, 15) is 4.79 Å². The number of carbonyl (C=O) groups excluding carboxylic acids is 1. The maximum Gasteiger partial charge on any atom is 0.270 e. The van der Waals surface area contributed by atoms with Crippen molar-refractivity contribution in [2.75, 3.05) is 5.43 Å². The van der Waals surface area contributed by atoms with Crippen LogP contribution in [-0.2, 0) is 0 Å². The van der Waals surface area contributed by atoms with E-state index in [1.165, 1.54) is 6.20 Å². The van der Waals surface area contributed by atoms with Gasteiger partial charge in [-0.15, -0.1) is 11.3 Å². The Morgan fingerprint density at radius 2 is 2.20 bits per heavy atom. The standard InChI is InChI=1S/C13H17N5OS/c1-7-12(20-9(3)16-7)8(2)17-13(19)11-6-10(18-14)4-5-15-11/h4-6,8H,14H2,1-3H3,(H,15,18)(H,17,19). The summed E-state index contributed by atoms with van der Waals surface area (Å²) in [7, 11) is 0. The summed E-state index contributed by atoms with van der Waals surface area (Å²) < 4.78 is 0. The fourth-order valence-electron chi connectivity index (χ4n) is 1.93. The normalized spacial score (nSPS) is 12.0. The van der Waals surface area contributed by atoms with Gasteiger partial charge in [-0.25, -0.2) is 4.98 Å². The van der Waals surface area contributed by atoms with Crippen LogP contribution in [0.1, 0.15) is 39.0 Å². The number of hydrogen-bond donors (Lipinski definition) is 3. The molecule has 0 saturated heterocycles. The molecular weight excluding hydrogens is 274 g/mol. The van der Waals surface area contributed by atoms with Gasteiger partial charge in [0.25, 0.3) is 5.91 Å². The SMILES string of the molecule is Cc1nc(C)c(C(C)NC(=O)c2cc(NN)ccn2)s1. The Kier molecular flexibility index (Phi) is 4.31. The van der Waals surface area contributed by atoms with E-state index in [4.69, 9.17) is 5.84 Å². The molecule has 0 bridgehead atoms. The van der Waals surface area contributed by atoms with Gasteiger partial charge in [0, 0.05) is 11.1 Å². The molecule has 0 aliphatic heterocycles. The van der Waals surface area contributed by atoms with Gasteiger partial charge in [0.15, 0.2) is 0 Å². The Hall–Kier alpha value is -1.99. The number of nitrogen functional groups attached to an aromatic ring is 1. The maximum atomic E-state index is 12.2. The van der Waals surface area contributed by atoms with E-state index in [-0.39, 0.29) is 11.9 Å². The van der Waals surface area contributed by atoms with Gasteiger partial charge in [0.05, 0.1) is 22.4 Å². The van der Waals surface area contributed by atoms with Crippen molar-refractivity contribution in [3.8, 4) is 0 Å². The summed E-state index contributed by atoms with van der Waals surface area (Å²) in [6.07, 6.45) is 1.54. The number of carbonyl (C=O) groups is 1. The molecule has 2 rings (SSSR count). The summed E-state index contributed by atoms with van der Waals surface area (Å²) in [6, 6.07) is 3.19. The van der Waals surface area contributed by atoms with E-state index in [0.717, 1.165) is 15.6 Å². The molecule has 0 aromatic carbocycles. The fraction of sp³-hybridized carbons (Fsp3) is 0.308. The molecule has 0 aliphatic rings. The molecule has 1 atom stereocenters. The van der Waals surface area contributed by atoms with Gasteiger partial charge >= 0.3 is 0 Å². The van der Waals surface area contributed by atoms with Crippen molar-refractivity contribution in [2.45, 2.75) is 26.8 Å². The average molecular weight is 291 g/mol. The Bertz CT molecular complexity index is 625. The summed E-state index contributed by atoms with van der Waals surface area (Å²) in [5, 5.41) is 3.91. The zero-order valence-electron chi connectivity index (χ0n) is 11.6. The van der Waals surface area contributed by atoms with Crippen LogP contribution >= 0.6 is 11.3 Å². The summed E-state index contributed by atoms with van der Waals surface area (Å²) in [6.45, 7) is 5.83. The molecule has 0 aliphatic carbocycles. The maximum absolute atomic E-state index is 12.2. The van der Waals surface area contributed by atoms with Gasteiger partial charge in [-0.05, 0) is 32.9 Å². The van der Waals surface area contributed by atoms with Gasteiger partial charge in [0.2, 0.25) is 0 Å². The Morgan fingerprint density at radius 1 is 1.45 bits per heavy atom. The molecule has 0 fully saturated rings. The number of aromatic nitrogens is 2. The highest BCUT2D eigenvalue weighted by atomic mass is 32.1. The van der Waals surface area contributed by atoms with Crippen molar-refractivity contribution < 1.29 is 4.79 Å². The average Bonchev–Trinajstić information content (AvgIpc) is 2.77. The highest BCUT2D eigenvalue weighted by Crippen LogP contribution is 2.24. The number of aryl methyl sites for hydroxylation is 2. The van der Waals surface area contributed by atoms with Crippen molar-refractivity contribution >= 4 is 22.9 Å². The fourth-order valence-corrected chi connectivity index (χ4v) is 2.86. The second-order valence-electron chi connectivity index (χ2n) is 4.45. The van der Waals surface area contributed by atoms with Crippen molar-refractivity contribution in [3.63, 3.8) is 0 Å². The summed E-state index contributed by atoms with van der Waals surface area (Å²) >= 11 is 1.59. The molecule has 4 N–H and O–H groups in total. The van der Waals surface area contributed by atoms with Crippen molar-refractivity contribution in [1.29, 1.82) is 0 Å². The minimum absolute atomic E-state index is 0.106. The number of hydrazine groups is 1. The third-order valence-corrected chi connectivity index (χ3v) is 4.10. The van der Waals surface area contributed by atoms with E-state index in [2.05, 4.69) is 20.7 Å². The number of nitrogens with two attached hydrogens (primary N) is 1. The number of amides is 1. The first kappa shape index (κ1) is 14.4. The predicted molar refractivity (Wildman–Crippen MR) is 79.5 cm³/mol. The zero-order valence-corrected chi connectivity index (χ0v) is 12.4. The molecule has 6 nitrogen and oxygen atoms in total. The van der Waals surface area contributed by atoms with E-state index in [1.807, 2.05) is 20.8 Å². The minimum Gasteiger partial charge on any atom is -0.343 e. The molecule has 106 valence electrons. The van der Waals surface area contributed by atoms with Gasteiger partial charge in [-0.1, -0.05) is 0 Å². The topological polar surface area (TPSA) is 92.9 Å². The Labute approximate surface area is 121 Å². The lowest BCUT2D eigenvalue weighted by Crippen LogP contribution is -2.27. The van der Waals surface area contributed by atoms with E-state index < -0.39 is 0 Å². The lowest BCUT2D eigenvalue weighted by Gasteiger charge is -2.13. The summed E-state index contributed by atoms with van der Waals surface area (Å²) in [4.78, 5) is 21.6. The third kappa shape index (κ3) is 3.12. The van der Waals surface area contributed by atoms with Crippen molar-refractivity contribution in [1.82, 2.24) is 15.3 Å². The van der Waals surface area contributed by atoms with Crippen LogP contribution in [0.5, 0.6) is 0 Å². The second-order valence-corrected chi connectivity index (χ2v) is 5.69. The first-order valence-electron chi connectivity index (χ1n) is 6.18. The lowest BCUT2D eigenvalue weighted by atomic mass is 10.2. The molecular formula is C13H17N5OS. The number of rotatable bonds is 4. The Morgan fingerprint density at radius 3 is 2.80 bits per heavy atom. The summed E-state index contributed by atoms with van der Waals surface area (Å²) in [5.74, 6) is 5.08. The second kappa shape index (κ2) is 5.98. The highest BCUT2D eigenvalue weighted by molar-refractivity contribution is 7.11. The molecule has 2 aromatic heterocycles. The van der Waals surface area contributed by atoms with Crippen LogP contribution in [0.25, 0.3) is 0 Å². The lowest BCUT2D eigenvalue weighted by molar-refractivity contribution is 0.0935. The van der Waals surface area contributed by atoms with Crippen LogP contribution < -0.4 is 16.6 Å². The number of nitrogens with zero attached hydrogens (tertiary/aromatic N) is 2. The van der Waals surface area contributed by atoms with Crippen molar-refractivity contribution in [2.24, 2.45) is 5.84 Å². The van der Waals surface area contributed by atoms with Crippen molar-refractivity contribution in [3.05, 3.63) is 39.6 Å². The molecule has 1 unspecified atom stereocenters. The quantitative estimate of drug-likeness (QED) is 0.591. The molecule has 2 aromatic rings. The zero-order chi connectivity index (χ0) is 14.7. The van der Waals surface area contributed by atoms with Crippen LogP contribution in [0.15, 0.2) is 18.3 Å². The largest absolute Gasteiger partial charge is 0.343 e. The minimum atomic E-state index is -0.236. The van der Waals surface area contributed by atoms with Gasteiger partial charge < -0.3 is 10.7 Å². The molecule has 0 spiro atoms. The van der Waals surface area contributed by atoms with E-state index in [1.54, 1.807) is 23.5 Å². The number of nitrogens with one attached hydrogen (secondary N) is 2. The number of anilines is 1. The molecule has 20 heavy (non-hydrogen) atoms. The van der Waals surface area contributed by atoms with Gasteiger partial charge in [-0.2, -0.15) is 0 Å². The molecule has 0 saturated carbocycles. The monoisotopic (exact) mass is 291 g/mol. The van der Waals surface area contributed by atoms with Gasteiger partial charge in [-0.3, -0.25) is 15.6 Å². The first-order valence-corrected chi connectivity index (χ1v) is 7.00.